The second kappa shape index (κ2) is 11.5. The van der Waals surface area contributed by atoms with Crippen LogP contribution in [0.3, 0.4) is 0 Å². The van der Waals surface area contributed by atoms with E-state index in [1.54, 1.807) is 6.20 Å². The summed E-state index contributed by atoms with van der Waals surface area (Å²) >= 11 is 0. The SMILES string of the molecule is Cc1cccc(-c2ccnc(Cc3cc(C(=O)Nc4ccc(CCN5CCCC5)cc4)ccc3C)n2)c1. The first kappa shape index (κ1) is 24.8. The number of aromatic nitrogens is 2. The number of nitrogens with one attached hydrogen (secondary N) is 1. The third-order valence-electron chi connectivity index (χ3n) is 7.11. The van der Waals surface area contributed by atoms with Gasteiger partial charge in [0.2, 0.25) is 0 Å². The minimum atomic E-state index is -0.111. The number of hydrogen-bond acceptors (Lipinski definition) is 4. The number of likely N-dealkylation sites (tertiary alicyclic amines) is 1. The summed E-state index contributed by atoms with van der Waals surface area (Å²) in [5.74, 6) is 0.629. The van der Waals surface area contributed by atoms with Crippen molar-refractivity contribution in [3.63, 3.8) is 0 Å². The molecule has 1 fully saturated rings. The van der Waals surface area contributed by atoms with Crippen molar-refractivity contribution < 1.29 is 4.79 Å². The number of aryl methyl sites for hydroxylation is 2. The van der Waals surface area contributed by atoms with E-state index in [0.717, 1.165) is 46.9 Å². The van der Waals surface area contributed by atoms with Crippen LogP contribution in [0.15, 0.2) is 79.0 Å². The lowest BCUT2D eigenvalue weighted by Crippen LogP contribution is -2.21. The highest BCUT2D eigenvalue weighted by Gasteiger charge is 2.13. The first-order valence-electron chi connectivity index (χ1n) is 13.1. The largest absolute Gasteiger partial charge is 0.322 e. The van der Waals surface area contributed by atoms with Gasteiger partial charge in [0.1, 0.15) is 5.82 Å². The third kappa shape index (κ3) is 6.49. The molecule has 5 rings (SSSR count). The maximum absolute atomic E-state index is 13.0. The number of hydrogen-bond donors (Lipinski definition) is 1. The van der Waals surface area contributed by atoms with Crippen LogP contribution >= 0.6 is 0 Å². The lowest BCUT2D eigenvalue weighted by atomic mass is 10.0. The quantitative estimate of drug-likeness (QED) is 0.318. The highest BCUT2D eigenvalue weighted by molar-refractivity contribution is 6.04. The van der Waals surface area contributed by atoms with Crippen molar-refractivity contribution in [3.05, 3.63) is 113 Å². The highest BCUT2D eigenvalue weighted by Crippen LogP contribution is 2.21. The Morgan fingerprint density at radius 3 is 2.54 bits per heavy atom. The fourth-order valence-corrected chi connectivity index (χ4v) is 4.87. The summed E-state index contributed by atoms with van der Waals surface area (Å²) < 4.78 is 0. The van der Waals surface area contributed by atoms with Crippen molar-refractivity contribution in [2.45, 2.75) is 39.5 Å². The Morgan fingerprint density at radius 2 is 1.76 bits per heavy atom. The molecule has 0 aliphatic carbocycles. The standard InChI is InChI=1S/C32H34N4O/c1-23-6-5-7-26(20-23)30-14-16-33-31(35-30)22-28-21-27(11-8-24(28)2)32(37)34-29-12-9-25(10-13-29)15-19-36-17-3-4-18-36/h5-14,16,20-21H,3-4,15,17-19,22H2,1-2H3,(H,34,37). The molecule has 1 aromatic heterocycles. The van der Waals surface area contributed by atoms with Crippen LogP contribution in [0.5, 0.6) is 0 Å². The van der Waals surface area contributed by atoms with E-state index in [1.165, 1.54) is 37.1 Å². The normalized spacial score (nSPS) is 13.6. The van der Waals surface area contributed by atoms with Gasteiger partial charge in [-0.2, -0.15) is 0 Å². The smallest absolute Gasteiger partial charge is 0.255 e. The summed E-state index contributed by atoms with van der Waals surface area (Å²) in [5.41, 5.74) is 8.09. The Balaban J connectivity index is 1.24. The number of nitrogens with zero attached hydrogens (tertiary/aromatic N) is 3. The Morgan fingerprint density at radius 1 is 0.946 bits per heavy atom. The van der Waals surface area contributed by atoms with E-state index in [-0.39, 0.29) is 5.91 Å². The average Bonchev–Trinajstić information content (AvgIpc) is 3.43. The molecule has 0 bridgehead atoms. The molecule has 37 heavy (non-hydrogen) atoms. The Hall–Kier alpha value is -3.83. The molecule has 0 atom stereocenters. The number of amides is 1. The van der Waals surface area contributed by atoms with Crippen molar-refractivity contribution in [2.75, 3.05) is 25.0 Å². The highest BCUT2D eigenvalue weighted by atomic mass is 16.1. The van der Waals surface area contributed by atoms with Crippen LogP contribution in [0.1, 0.15) is 51.3 Å². The van der Waals surface area contributed by atoms with Gasteiger partial charge in [-0.05, 0) is 99.3 Å². The summed E-state index contributed by atoms with van der Waals surface area (Å²) in [4.78, 5) is 24.9. The molecule has 0 unspecified atom stereocenters. The topological polar surface area (TPSA) is 58.1 Å². The van der Waals surface area contributed by atoms with E-state index in [1.807, 2.05) is 42.5 Å². The third-order valence-corrected chi connectivity index (χ3v) is 7.11. The number of carbonyl (C=O) groups excluding carboxylic acids is 1. The summed E-state index contributed by atoms with van der Waals surface area (Å²) in [7, 11) is 0. The molecule has 1 aliphatic rings. The molecule has 0 radical (unpaired) electrons. The van der Waals surface area contributed by atoms with Gasteiger partial charge in [-0.3, -0.25) is 4.79 Å². The van der Waals surface area contributed by atoms with Crippen molar-refractivity contribution in [1.82, 2.24) is 14.9 Å². The second-order valence-electron chi connectivity index (χ2n) is 10.00. The van der Waals surface area contributed by atoms with Crippen molar-refractivity contribution in [1.29, 1.82) is 0 Å². The predicted octanol–water partition coefficient (Wildman–Crippen LogP) is 6.24. The molecule has 5 nitrogen and oxygen atoms in total. The van der Waals surface area contributed by atoms with Gasteiger partial charge in [0, 0.05) is 36.0 Å². The molecule has 5 heteroatoms. The summed E-state index contributed by atoms with van der Waals surface area (Å²) in [6.07, 6.45) is 6.05. The van der Waals surface area contributed by atoms with Crippen LogP contribution < -0.4 is 5.32 Å². The fraction of sp³-hybridized carbons (Fsp3) is 0.281. The van der Waals surface area contributed by atoms with E-state index >= 15 is 0 Å². The molecule has 1 saturated heterocycles. The molecule has 4 aromatic rings. The van der Waals surface area contributed by atoms with Gasteiger partial charge < -0.3 is 10.2 Å². The molecule has 1 amide bonds. The lowest BCUT2D eigenvalue weighted by Gasteiger charge is -2.14. The van der Waals surface area contributed by atoms with E-state index in [4.69, 9.17) is 4.98 Å². The van der Waals surface area contributed by atoms with E-state index < -0.39 is 0 Å². The molecular formula is C32H34N4O. The van der Waals surface area contributed by atoms with Crippen LogP contribution in [-0.4, -0.2) is 40.4 Å². The number of carbonyl (C=O) groups is 1. The van der Waals surface area contributed by atoms with Crippen molar-refractivity contribution in [3.8, 4) is 11.3 Å². The monoisotopic (exact) mass is 490 g/mol. The summed E-state index contributed by atoms with van der Waals surface area (Å²) in [6.45, 7) is 7.68. The molecule has 2 heterocycles. The summed E-state index contributed by atoms with van der Waals surface area (Å²) in [5, 5.41) is 3.05. The van der Waals surface area contributed by atoms with Crippen LogP contribution in [0.4, 0.5) is 5.69 Å². The molecule has 188 valence electrons. The molecule has 0 spiro atoms. The van der Waals surface area contributed by atoms with Crippen LogP contribution in [0.2, 0.25) is 0 Å². The van der Waals surface area contributed by atoms with E-state index in [2.05, 4.69) is 59.4 Å². The first-order valence-corrected chi connectivity index (χ1v) is 13.1. The minimum Gasteiger partial charge on any atom is -0.322 e. The number of rotatable bonds is 8. The van der Waals surface area contributed by atoms with Crippen LogP contribution in [0, 0.1) is 13.8 Å². The van der Waals surface area contributed by atoms with Crippen molar-refractivity contribution in [2.24, 2.45) is 0 Å². The molecule has 1 aliphatic heterocycles. The number of benzene rings is 3. The zero-order chi connectivity index (χ0) is 25.6. The maximum atomic E-state index is 13.0. The van der Waals surface area contributed by atoms with Gasteiger partial charge in [0.25, 0.3) is 5.91 Å². The fourth-order valence-electron chi connectivity index (χ4n) is 4.87. The Kier molecular flexibility index (Phi) is 7.71. The van der Waals surface area contributed by atoms with E-state index in [0.29, 0.717) is 12.0 Å². The zero-order valence-corrected chi connectivity index (χ0v) is 21.7. The van der Waals surface area contributed by atoms with Crippen LogP contribution in [0.25, 0.3) is 11.3 Å². The lowest BCUT2D eigenvalue weighted by molar-refractivity contribution is 0.102. The molecule has 3 aromatic carbocycles. The van der Waals surface area contributed by atoms with Gasteiger partial charge in [-0.15, -0.1) is 0 Å². The number of anilines is 1. The Labute approximate surface area is 219 Å². The Bertz CT molecular complexity index is 1370. The van der Waals surface area contributed by atoms with E-state index in [9.17, 15) is 4.79 Å². The first-order chi connectivity index (χ1) is 18.0. The molecule has 0 saturated carbocycles. The van der Waals surface area contributed by atoms with Gasteiger partial charge in [-0.25, -0.2) is 9.97 Å². The molecular weight excluding hydrogens is 456 g/mol. The van der Waals surface area contributed by atoms with Crippen molar-refractivity contribution >= 4 is 11.6 Å². The maximum Gasteiger partial charge on any atom is 0.255 e. The molecule has 1 N–H and O–H groups in total. The van der Waals surface area contributed by atoms with Crippen LogP contribution in [-0.2, 0) is 12.8 Å². The second-order valence-corrected chi connectivity index (χ2v) is 10.00. The zero-order valence-electron chi connectivity index (χ0n) is 21.7. The summed E-state index contributed by atoms with van der Waals surface area (Å²) in [6, 6.07) is 24.3. The predicted molar refractivity (Wildman–Crippen MR) is 150 cm³/mol. The average molecular weight is 491 g/mol. The van der Waals surface area contributed by atoms with Gasteiger partial charge in [-0.1, -0.05) is 42.0 Å². The van der Waals surface area contributed by atoms with Gasteiger partial charge >= 0.3 is 0 Å². The van der Waals surface area contributed by atoms with Gasteiger partial charge in [0.05, 0.1) is 5.69 Å². The van der Waals surface area contributed by atoms with Gasteiger partial charge in [0.15, 0.2) is 0 Å². The minimum absolute atomic E-state index is 0.111.